The fraction of sp³-hybridized carbons (Fsp3) is 0.556. The second-order valence-corrected chi connectivity index (χ2v) is 7.64. The zero-order valence-electron chi connectivity index (χ0n) is 14.9. The van der Waals surface area contributed by atoms with Crippen LogP contribution in [0.3, 0.4) is 0 Å². The molecule has 0 spiro atoms. The van der Waals surface area contributed by atoms with Gasteiger partial charge in [0, 0.05) is 38.1 Å². The van der Waals surface area contributed by atoms with Gasteiger partial charge in [0.1, 0.15) is 0 Å². The van der Waals surface area contributed by atoms with Crippen LogP contribution in [0.1, 0.15) is 37.0 Å². The van der Waals surface area contributed by atoms with Crippen molar-refractivity contribution in [2.75, 3.05) is 25.9 Å². The van der Waals surface area contributed by atoms with E-state index >= 15 is 0 Å². The predicted molar refractivity (Wildman–Crippen MR) is 97.4 cm³/mol. The van der Waals surface area contributed by atoms with Crippen LogP contribution in [0.5, 0.6) is 0 Å². The molecule has 3 aliphatic heterocycles. The predicted octanol–water partition coefficient (Wildman–Crippen LogP) is 2.23. The number of thioether (sulfide) groups is 1. The molecule has 0 radical (unpaired) electrons. The van der Waals surface area contributed by atoms with Crippen molar-refractivity contribution in [1.29, 1.82) is 0 Å². The second-order valence-electron chi connectivity index (χ2n) is 6.87. The SMILES string of the molecule is CSc1ncc(C(=O)N2C[C@H]3CC[C@@H](C2)N(CC=C(C)C)C3=O)cn1. The fourth-order valence-corrected chi connectivity index (χ4v) is 3.76. The van der Waals surface area contributed by atoms with Crippen LogP contribution in [0.15, 0.2) is 29.2 Å². The lowest BCUT2D eigenvalue weighted by atomic mass is 9.94. The molecule has 2 bridgehead atoms. The van der Waals surface area contributed by atoms with Gasteiger partial charge in [0.05, 0.1) is 11.5 Å². The Morgan fingerprint density at radius 2 is 2.00 bits per heavy atom. The molecule has 2 atom stereocenters. The lowest BCUT2D eigenvalue weighted by Gasteiger charge is -2.35. The number of carbonyl (C=O) groups excluding carboxylic acids is 2. The third kappa shape index (κ3) is 3.86. The van der Waals surface area contributed by atoms with Crippen LogP contribution in [0, 0.1) is 5.92 Å². The van der Waals surface area contributed by atoms with Gasteiger partial charge in [-0.25, -0.2) is 9.97 Å². The zero-order valence-corrected chi connectivity index (χ0v) is 15.8. The molecule has 25 heavy (non-hydrogen) atoms. The number of fused-ring (bicyclic) bond motifs is 4. The molecule has 6 nitrogen and oxygen atoms in total. The molecule has 1 aromatic rings. The molecule has 0 unspecified atom stereocenters. The molecule has 0 saturated carbocycles. The van der Waals surface area contributed by atoms with Gasteiger partial charge in [-0.1, -0.05) is 23.4 Å². The van der Waals surface area contributed by atoms with Gasteiger partial charge in [-0.05, 0) is 32.9 Å². The average Bonchev–Trinajstić information content (AvgIpc) is 2.90. The van der Waals surface area contributed by atoms with Crippen LogP contribution in [-0.4, -0.2) is 63.5 Å². The van der Waals surface area contributed by atoms with Crippen molar-refractivity contribution in [3.63, 3.8) is 0 Å². The van der Waals surface area contributed by atoms with Crippen molar-refractivity contribution < 1.29 is 9.59 Å². The van der Waals surface area contributed by atoms with Crippen molar-refractivity contribution >= 4 is 23.6 Å². The third-order valence-corrected chi connectivity index (χ3v) is 5.41. The summed E-state index contributed by atoms with van der Waals surface area (Å²) in [6.45, 7) is 5.78. The third-order valence-electron chi connectivity index (χ3n) is 4.83. The largest absolute Gasteiger partial charge is 0.336 e. The van der Waals surface area contributed by atoms with E-state index in [9.17, 15) is 9.59 Å². The minimum Gasteiger partial charge on any atom is -0.336 e. The van der Waals surface area contributed by atoms with Gasteiger partial charge >= 0.3 is 0 Å². The summed E-state index contributed by atoms with van der Waals surface area (Å²) in [4.78, 5) is 37.7. The van der Waals surface area contributed by atoms with E-state index in [1.807, 2.05) is 25.0 Å². The summed E-state index contributed by atoms with van der Waals surface area (Å²) in [7, 11) is 0. The van der Waals surface area contributed by atoms with Gasteiger partial charge in [-0.15, -0.1) is 0 Å². The van der Waals surface area contributed by atoms with E-state index in [2.05, 4.69) is 16.0 Å². The van der Waals surface area contributed by atoms with Crippen molar-refractivity contribution in [3.8, 4) is 0 Å². The lowest BCUT2D eigenvalue weighted by Crippen LogP contribution is -2.48. The summed E-state index contributed by atoms with van der Waals surface area (Å²) in [5.74, 6) is -0.000834. The van der Waals surface area contributed by atoms with Crippen LogP contribution >= 0.6 is 11.8 Å². The molecule has 3 aliphatic rings. The Labute approximate surface area is 152 Å². The Morgan fingerprint density at radius 1 is 1.28 bits per heavy atom. The molecule has 0 aromatic carbocycles. The standard InChI is InChI=1S/C18H24N4O2S/c1-12(2)6-7-22-15-5-4-13(17(22)24)10-21(11-15)16(23)14-8-19-18(25-3)20-9-14/h6,8-9,13,15H,4-5,7,10-11H2,1-3H3/t13-,15+/m1/s1. The highest BCUT2D eigenvalue weighted by atomic mass is 32.2. The fourth-order valence-electron chi connectivity index (χ4n) is 3.44. The molecule has 3 saturated heterocycles. The Kier molecular flexibility index (Phi) is 5.42. The minimum absolute atomic E-state index is 0.0820. The number of amides is 2. The highest BCUT2D eigenvalue weighted by Crippen LogP contribution is 2.30. The first-order chi connectivity index (χ1) is 12.0. The van der Waals surface area contributed by atoms with E-state index < -0.39 is 0 Å². The highest BCUT2D eigenvalue weighted by Gasteiger charge is 2.41. The molecular formula is C18H24N4O2S. The maximum Gasteiger partial charge on any atom is 0.257 e. The normalized spacial score (nSPS) is 22.8. The van der Waals surface area contributed by atoms with Crippen LogP contribution < -0.4 is 0 Å². The van der Waals surface area contributed by atoms with E-state index in [1.54, 1.807) is 17.3 Å². The Balaban J connectivity index is 1.77. The first kappa shape index (κ1) is 17.9. The monoisotopic (exact) mass is 360 g/mol. The van der Waals surface area contributed by atoms with Crippen molar-refractivity contribution in [1.82, 2.24) is 19.8 Å². The summed E-state index contributed by atoms with van der Waals surface area (Å²) in [5.41, 5.74) is 1.69. The minimum atomic E-state index is -0.0975. The molecule has 0 aliphatic carbocycles. The maximum absolute atomic E-state index is 12.8. The number of hydrogen-bond acceptors (Lipinski definition) is 5. The number of nitrogens with zero attached hydrogens (tertiary/aromatic N) is 4. The summed E-state index contributed by atoms with van der Waals surface area (Å²) < 4.78 is 0. The molecule has 134 valence electrons. The Bertz CT molecular complexity index is 685. The van der Waals surface area contributed by atoms with Gasteiger partial charge in [-0.3, -0.25) is 9.59 Å². The van der Waals surface area contributed by atoms with Crippen LogP contribution in [0.2, 0.25) is 0 Å². The molecule has 0 N–H and O–H groups in total. The number of piperidine rings is 1. The first-order valence-electron chi connectivity index (χ1n) is 8.58. The van der Waals surface area contributed by atoms with E-state index in [0.717, 1.165) is 12.8 Å². The van der Waals surface area contributed by atoms with E-state index in [-0.39, 0.29) is 23.8 Å². The molecule has 7 heteroatoms. The summed E-state index contributed by atoms with van der Waals surface area (Å²) in [6, 6.07) is 0.0946. The maximum atomic E-state index is 12.8. The number of aromatic nitrogens is 2. The van der Waals surface area contributed by atoms with E-state index in [0.29, 0.717) is 30.4 Å². The van der Waals surface area contributed by atoms with E-state index in [1.165, 1.54) is 17.3 Å². The summed E-state index contributed by atoms with van der Waals surface area (Å²) >= 11 is 1.44. The van der Waals surface area contributed by atoms with Gasteiger partial charge in [0.25, 0.3) is 5.91 Å². The molecule has 2 amide bonds. The Hall–Kier alpha value is -1.89. The molecule has 3 fully saturated rings. The van der Waals surface area contributed by atoms with Gasteiger partial charge in [-0.2, -0.15) is 0 Å². The zero-order chi connectivity index (χ0) is 18.0. The van der Waals surface area contributed by atoms with Gasteiger partial charge < -0.3 is 9.80 Å². The van der Waals surface area contributed by atoms with Gasteiger partial charge in [0.2, 0.25) is 5.91 Å². The molecule has 4 heterocycles. The Morgan fingerprint density at radius 3 is 2.64 bits per heavy atom. The lowest BCUT2D eigenvalue weighted by molar-refractivity contribution is -0.139. The first-order valence-corrected chi connectivity index (χ1v) is 9.81. The number of hydrogen-bond donors (Lipinski definition) is 0. The highest BCUT2D eigenvalue weighted by molar-refractivity contribution is 7.98. The summed E-state index contributed by atoms with van der Waals surface area (Å²) in [6.07, 6.45) is 8.96. The van der Waals surface area contributed by atoms with Crippen molar-refractivity contribution in [3.05, 3.63) is 29.6 Å². The summed E-state index contributed by atoms with van der Waals surface area (Å²) in [5, 5.41) is 0.649. The molecule has 4 rings (SSSR count). The number of carbonyl (C=O) groups is 2. The number of rotatable bonds is 4. The molecule has 1 aromatic heterocycles. The smallest absolute Gasteiger partial charge is 0.257 e. The van der Waals surface area contributed by atoms with Crippen LogP contribution in [-0.2, 0) is 4.79 Å². The van der Waals surface area contributed by atoms with Crippen LogP contribution in [0.4, 0.5) is 0 Å². The van der Waals surface area contributed by atoms with E-state index in [4.69, 9.17) is 0 Å². The molecular weight excluding hydrogens is 336 g/mol. The quantitative estimate of drug-likeness (QED) is 0.468. The van der Waals surface area contributed by atoms with Crippen molar-refractivity contribution in [2.24, 2.45) is 5.92 Å². The number of allylic oxidation sites excluding steroid dienone is 1. The average molecular weight is 360 g/mol. The van der Waals surface area contributed by atoms with Crippen LogP contribution in [0.25, 0.3) is 0 Å². The topological polar surface area (TPSA) is 66.4 Å². The van der Waals surface area contributed by atoms with Gasteiger partial charge in [0.15, 0.2) is 5.16 Å². The van der Waals surface area contributed by atoms with Crippen molar-refractivity contribution in [2.45, 2.75) is 37.9 Å². The second kappa shape index (κ2) is 7.56.